The van der Waals surface area contributed by atoms with Gasteiger partial charge in [0.2, 0.25) is 0 Å². The third kappa shape index (κ3) is 3.91. The minimum atomic E-state index is -0.364. The van der Waals surface area contributed by atoms with E-state index in [4.69, 9.17) is 0 Å². The van der Waals surface area contributed by atoms with E-state index in [1.807, 2.05) is 30.3 Å². The lowest BCUT2D eigenvalue weighted by molar-refractivity contribution is 0.122. The van der Waals surface area contributed by atoms with E-state index >= 15 is 0 Å². The van der Waals surface area contributed by atoms with Crippen LogP contribution in [0.3, 0.4) is 0 Å². The van der Waals surface area contributed by atoms with Crippen molar-refractivity contribution in [2.75, 3.05) is 18.4 Å². The van der Waals surface area contributed by atoms with Crippen molar-refractivity contribution in [2.24, 2.45) is 5.41 Å². The van der Waals surface area contributed by atoms with Crippen LogP contribution in [-0.4, -0.2) is 50.2 Å². The lowest BCUT2D eigenvalue weighted by Gasteiger charge is -2.29. The summed E-state index contributed by atoms with van der Waals surface area (Å²) < 4.78 is 0. The summed E-state index contributed by atoms with van der Waals surface area (Å²) in [5.41, 5.74) is 0.714. The van der Waals surface area contributed by atoms with Crippen molar-refractivity contribution < 1.29 is 9.90 Å². The summed E-state index contributed by atoms with van der Waals surface area (Å²) in [5.74, 6) is 0.409. The van der Waals surface area contributed by atoms with Crippen LogP contribution < -0.4 is 5.32 Å². The lowest BCUT2D eigenvalue weighted by Crippen LogP contribution is -2.40. The van der Waals surface area contributed by atoms with Crippen molar-refractivity contribution in [3.05, 3.63) is 36.5 Å². The minimum absolute atomic E-state index is 0.116. The summed E-state index contributed by atoms with van der Waals surface area (Å²) in [6, 6.07) is 9.31. The maximum atomic E-state index is 12.5. The zero-order chi connectivity index (χ0) is 17.2. The molecule has 0 saturated carbocycles. The number of amides is 2. The SMILES string of the molecule is CC1(C)CC(O)CCN(C(=O)Nc2cnn(-c3ccccc3)n2)C1. The van der Waals surface area contributed by atoms with Crippen molar-refractivity contribution in [3.8, 4) is 5.69 Å². The fraction of sp³-hybridized carbons (Fsp3) is 0.471. The van der Waals surface area contributed by atoms with Crippen LogP contribution in [-0.2, 0) is 0 Å². The number of likely N-dealkylation sites (tertiary alicyclic amines) is 1. The molecule has 24 heavy (non-hydrogen) atoms. The molecule has 7 heteroatoms. The summed E-state index contributed by atoms with van der Waals surface area (Å²) >= 11 is 0. The van der Waals surface area contributed by atoms with E-state index in [0.29, 0.717) is 31.7 Å². The molecule has 2 aromatic rings. The second kappa shape index (κ2) is 6.60. The van der Waals surface area contributed by atoms with E-state index < -0.39 is 0 Å². The molecule has 1 unspecified atom stereocenters. The Hall–Kier alpha value is -2.41. The molecule has 0 aliphatic carbocycles. The van der Waals surface area contributed by atoms with E-state index in [2.05, 4.69) is 29.4 Å². The number of aliphatic hydroxyl groups is 1. The second-order valence-corrected chi connectivity index (χ2v) is 7.02. The Labute approximate surface area is 141 Å². The van der Waals surface area contributed by atoms with Crippen molar-refractivity contribution in [1.29, 1.82) is 0 Å². The highest BCUT2D eigenvalue weighted by Gasteiger charge is 2.31. The number of nitrogens with zero attached hydrogens (tertiary/aromatic N) is 4. The summed E-state index contributed by atoms with van der Waals surface area (Å²) in [7, 11) is 0. The predicted octanol–water partition coefficient (Wildman–Crippen LogP) is 2.28. The quantitative estimate of drug-likeness (QED) is 0.885. The number of hydrogen-bond donors (Lipinski definition) is 2. The standard InChI is InChI=1S/C17H23N5O2/c1-17(2)10-14(23)8-9-21(12-17)16(24)19-15-11-18-22(20-15)13-6-4-3-5-7-13/h3-7,11,14,23H,8-10,12H2,1-2H3,(H,19,20,24). The van der Waals surface area contributed by atoms with Crippen LogP contribution in [0.1, 0.15) is 26.7 Å². The number of nitrogens with one attached hydrogen (secondary N) is 1. The summed E-state index contributed by atoms with van der Waals surface area (Å²) in [5, 5.41) is 21.2. The fourth-order valence-electron chi connectivity index (χ4n) is 3.07. The number of aromatic nitrogens is 3. The Kier molecular flexibility index (Phi) is 4.53. The third-order valence-corrected chi connectivity index (χ3v) is 4.14. The first-order valence-corrected chi connectivity index (χ1v) is 8.15. The molecule has 2 N–H and O–H groups in total. The number of urea groups is 1. The monoisotopic (exact) mass is 329 g/mol. The van der Waals surface area contributed by atoms with Gasteiger partial charge in [-0.25, -0.2) is 4.79 Å². The number of aliphatic hydroxyl groups excluding tert-OH is 1. The smallest absolute Gasteiger partial charge is 0.323 e. The fourth-order valence-corrected chi connectivity index (χ4v) is 3.07. The number of benzene rings is 1. The van der Waals surface area contributed by atoms with Gasteiger partial charge in [-0.1, -0.05) is 32.0 Å². The molecule has 0 bridgehead atoms. The Morgan fingerprint density at radius 1 is 1.33 bits per heavy atom. The van der Waals surface area contributed by atoms with Gasteiger partial charge >= 0.3 is 6.03 Å². The molecule has 2 heterocycles. The van der Waals surface area contributed by atoms with Gasteiger partial charge in [0, 0.05) is 13.1 Å². The normalized spacial score (nSPS) is 20.5. The number of hydrogen-bond acceptors (Lipinski definition) is 4. The van der Waals surface area contributed by atoms with Gasteiger partial charge in [0.25, 0.3) is 0 Å². The van der Waals surface area contributed by atoms with Gasteiger partial charge in [-0.05, 0) is 30.4 Å². The highest BCUT2D eigenvalue weighted by Crippen LogP contribution is 2.28. The highest BCUT2D eigenvalue weighted by molar-refractivity contribution is 5.88. The van der Waals surface area contributed by atoms with Crippen LogP contribution in [0.2, 0.25) is 0 Å². The van der Waals surface area contributed by atoms with Crippen molar-refractivity contribution >= 4 is 11.8 Å². The molecule has 1 aromatic heterocycles. The molecule has 3 rings (SSSR count). The maximum Gasteiger partial charge on any atom is 0.323 e. The first-order valence-electron chi connectivity index (χ1n) is 8.15. The third-order valence-electron chi connectivity index (χ3n) is 4.14. The Morgan fingerprint density at radius 2 is 2.08 bits per heavy atom. The van der Waals surface area contributed by atoms with Crippen LogP contribution in [0, 0.1) is 5.41 Å². The van der Waals surface area contributed by atoms with Crippen molar-refractivity contribution in [3.63, 3.8) is 0 Å². The van der Waals surface area contributed by atoms with Gasteiger partial charge in [0.15, 0.2) is 5.82 Å². The van der Waals surface area contributed by atoms with Crippen LogP contribution in [0.15, 0.2) is 36.5 Å². The average Bonchev–Trinajstić information content (AvgIpc) is 2.94. The molecule has 1 aliphatic rings. The minimum Gasteiger partial charge on any atom is -0.393 e. The van der Waals surface area contributed by atoms with Gasteiger partial charge in [-0.15, -0.1) is 9.90 Å². The van der Waals surface area contributed by atoms with Gasteiger partial charge in [-0.3, -0.25) is 5.32 Å². The summed E-state index contributed by atoms with van der Waals surface area (Å²) in [4.78, 5) is 15.7. The highest BCUT2D eigenvalue weighted by atomic mass is 16.3. The van der Waals surface area contributed by atoms with Crippen LogP contribution >= 0.6 is 0 Å². The molecule has 1 aliphatic heterocycles. The van der Waals surface area contributed by atoms with Gasteiger partial charge in [-0.2, -0.15) is 5.10 Å². The topological polar surface area (TPSA) is 83.3 Å². The maximum absolute atomic E-state index is 12.5. The number of rotatable bonds is 2. The van der Waals surface area contributed by atoms with E-state index in [0.717, 1.165) is 5.69 Å². The summed E-state index contributed by atoms with van der Waals surface area (Å²) in [6.07, 6.45) is 2.45. The van der Waals surface area contributed by atoms with E-state index in [-0.39, 0.29) is 17.6 Å². The summed E-state index contributed by atoms with van der Waals surface area (Å²) in [6.45, 7) is 5.26. The second-order valence-electron chi connectivity index (χ2n) is 7.02. The van der Waals surface area contributed by atoms with E-state index in [9.17, 15) is 9.90 Å². The van der Waals surface area contributed by atoms with E-state index in [1.54, 1.807) is 4.90 Å². The van der Waals surface area contributed by atoms with Crippen LogP contribution in [0.5, 0.6) is 0 Å². The van der Waals surface area contributed by atoms with Gasteiger partial charge in [0.05, 0.1) is 18.0 Å². The largest absolute Gasteiger partial charge is 0.393 e. The number of anilines is 1. The van der Waals surface area contributed by atoms with E-state index in [1.165, 1.54) is 11.0 Å². The Bertz CT molecular complexity index is 698. The average molecular weight is 329 g/mol. The van der Waals surface area contributed by atoms with Gasteiger partial charge in [0.1, 0.15) is 0 Å². The molecule has 1 aromatic carbocycles. The van der Waals surface area contributed by atoms with Crippen LogP contribution in [0.4, 0.5) is 10.6 Å². The molecule has 1 saturated heterocycles. The molecule has 0 radical (unpaired) electrons. The molecule has 2 amide bonds. The Morgan fingerprint density at radius 3 is 2.83 bits per heavy atom. The Balaban J connectivity index is 1.68. The van der Waals surface area contributed by atoms with Crippen LogP contribution in [0.25, 0.3) is 5.69 Å². The predicted molar refractivity (Wildman–Crippen MR) is 91.0 cm³/mol. The molecule has 1 atom stereocenters. The zero-order valence-corrected chi connectivity index (χ0v) is 14.0. The molecule has 1 fully saturated rings. The first kappa shape index (κ1) is 16.4. The molecule has 7 nitrogen and oxygen atoms in total. The molecular weight excluding hydrogens is 306 g/mol. The van der Waals surface area contributed by atoms with Crippen molar-refractivity contribution in [2.45, 2.75) is 32.8 Å². The van der Waals surface area contributed by atoms with Gasteiger partial charge < -0.3 is 10.0 Å². The molecule has 128 valence electrons. The van der Waals surface area contributed by atoms with Crippen molar-refractivity contribution in [1.82, 2.24) is 19.9 Å². The molecular formula is C17H23N5O2. The number of para-hydroxylation sites is 1. The number of carbonyl (C=O) groups is 1. The lowest BCUT2D eigenvalue weighted by atomic mass is 9.87. The number of carbonyl (C=O) groups excluding carboxylic acids is 1. The first-order chi connectivity index (χ1) is 11.4. The molecule has 0 spiro atoms. The zero-order valence-electron chi connectivity index (χ0n) is 14.0.